The van der Waals surface area contributed by atoms with Crippen molar-refractivity contribution >= 4 is 5.91 Å². The molecule has 7 rings (SSSR count). The van der Waals surface area contributed by atoms with Crippen LogP contribution < -0.4 is 10.9 Å². The van der Waals surface area contributed by atoms with Gasteiger partial charge in [0.1, 0.15) is 5.56 Å². The Morgan fingerprint density at radius 3 is 2.41 bits per heavy atom. The Balaban J connectivity index is 1.07. The van der Waals surface area contributed by atoms with Gasteiger partial charge in [0.25, 0.3) is 11.5 Å². The lowest BCUT2D eigenvalue weighted by Crippen LogP contribution is -2.49. The quantitative estimate of drug-likeness (QED) is 0.758. The number of pyridine rings is 1. The molecular formula is C27H33N3O2. The molecule has 0 spiro atoms. The lowest BCUT2D eigenvalue weighted by molar-refractivity contribution is -0.0347. The molecule has 2 heterocycles. The largest absolute Gasteiger partial charge is 0.352 e. The van der Waals surface area contributed by atoms with Crippen molar-refractivity contribution in [3.8, 4) is 0 Å². The number of carbonyl (C=O) groups excluding carboxylic acids is 1. The molecule has 0 atom stereocenters. The second kappa shape index (κ2) is 8.18. The van der Waals surface area contributed by atoms with E-state index >= 15 is 0 Å². The fourth-order valence-electron chi connectivity index (χ4n) is 7.39. The topological polar surface area (TPSA) is 65.2 Å². The summed E-state index contributed by atoms with van der Waals surface area (Å²) in [6.45, 7) is 3.29. The molecule has 1 aromatic carbocycles. The highest BCUT2D eigenvalue weighted by molar-refractivity contribution is 5.93. The monoisotopic (exact) mass is 431 g/mol. The number of aromatic nitrogens is 1. The molecule has 2 aromatic rings. The number of benzene rings is 1. The van der Waals surface area contributed by atoms with Gasteiger partial charge < -0.3 is 10.3 Å². The van der Waals surface area contributed by atoms with Crippen molar-refractivity contribution in [3.63, 3.8) is 0 Å². The van der Waals surface area contributed by atoms with E-state index in [9.17, 15) is 9.59 Å². The number of hydrogen-bond donors (Lipinski definition) is 2. The zero-order valence-corrected chi connectivity index (χ0v) is 18.7. The van der Waals surface area contributed by atoms with Crippen molar-refractivity contribution in [2.24, 2.45) is 29.6 Å². The van der Waals surface area contributed by atoms with Crippen LogP contribution in [0, 0.1) is 29.6 Å². The Kier molecular flexibility index (Phi) is 5.17. The molecule has 0 radical (unpaired) electrons. The lowest BCUT2D eigenvalue weighted by atomic mass is 9.52. The predicted molar refractivity (Wildman–Crippen MR) is 124 cm³/mol. The Labute approximate surface area is 189 Å². The van der Waals surface area contributed by atoms with Crippen LogP contribution in [0.1, 0.15) is 59.3 Å². The molecule has 0 saturated heterocycles. The van der Waals surface area contributed by atoms with Gasteiger partial charge in [-0.2, -0.15) is 0 Å². The number of nitrogens with one attached hydrogen (secondary N) is 2. The highest BCUT2D eigenvalue weighted by atomic mass is 16.2. The van der Waals surface area contributed by atoms with Crippen LogP contribution in [0.2, 0.25) is 0 Å². The standard InChI is InChI=1S/C27H33N3O2/c31-26(28-14-25-21-10-17-9-18(12-21)13-22(25)11-17)24-6-5-23(29-27(24)32)16-30-8-7-19-3-1-2-4-20(19)15-30/h1-6,17-18,21-22,25H,7-16H2,(H,28,31)(H,29,32). The van der Waals surface area contributed by atoms with Crippen molar-refractivity contribution < 1.29 is 4.79 Å². The molecule has 5 aliphatic rings. The van der Waals surface area contributed by atoms with Gasteiger partial charge in [0.15, 0.2) is 0 Å². The number of hydrogen-bond acceptors (Lipinski definition) is 3. The Morgan fingerprint density at radius 2 is 1.69 bits per heavy atom. The van der Waals surface area contributed by atoms with E-state index in [0.29, 0.717) is 12.5 Å². The SMILES string of the molecule is O=C(NCC1C2CC3CC(C2)CC1C3)c1ccc(CN2CCc3ccccc3C2)[nH]c1=O. The number of H-pyrrole nitrogens is 1. The third kappa shape index (κ3) is 3.81. The van der Waals surface area contributed by atoms with Crippen molar-refractivity contribution in [1.82, 2.24) is 15.2 Å². The molecule has 0 unspecified atom stereocenters. The van der Waals surface area contributed by atoms with Crippen LogP contribution in [0.4, 0.5) is 0 Å². The number of rotatable bonds is 5. The van der Waals surface area contributed by atoms with E-state index < -0.39 is 0 Å². The van der Waals surface area contributed by atoms with Crippen molar-refractivity contribution in [2.75, 3.05) is 13.1 Å². The van der Waals surface area contributed by atoms with E-state index in [1.54, 1.807) is 6.07 Å². The van der Waals surface area contributed by atoms with Crippen LogP contribution in [0.5, 0.6) is 0 Å². The number of nitrogens with zero attached hydrogens (tertiary/aromatic N) is 1. The van der Waals surface area contributed by atoms with E-state index in [0.717, 1.165) is 55.4 Å². The summed E-state index contributed by atoms with van der Waals surface area (Å²) >= 11 is 0. The summed E-state index contributed by atoms with van der Waals surface area (Å²) in [6.07, 6.45) is 7.88. The number of aromatic amines is 1. The lowest BCUT2D eigenvalue weighted by Gasteiger charge is -2.54. The fourth-order valence-corrected chi connectivity index (χ4v) is 7.39. The first-order valence-corrected chi connectivity index (χ1v) is 12.4. The summed E-state index contributed by atoms with van der Waals surface area (Å²) in [5.74, 6) is 3.82. The first-order chi connectivity index (χ1) is 15.6. The molecule has 4 saturated carbocycles. The maximum atomic E-state index is 12.8. The smallest absolute Gasteiger partial charge is 0.261 e. The van der Waals surface area contributed by atoms with Gasteiger partial charge in [0, 0.05) is 31.9 Å². The van der Waals surface area contributed by atoms with E-state index in [2.05, 4.69) is 39.5 Å². The molecule has 4 aliphatic carbocycles. The first kappa shape index (κ1) is 20.2. The van der Waals surface area contributed by atoms with Crippen molar-refractivity contribution in [3.05, 3.63) is 69.1 Å². The van der Waals surface area contributed by atoms with Gasteiger partial charge in [0.2, 0.25) is 0 Å². The molecule has 168 valence electrons. The number of fused-ring (bicyclic) bond motifs is 1. The summed E-state index contributed by atoms with van der Waals surface area (Å²) in [7, 11) is 0. The average Bonchev–Trinajstić information content (AvgIpc) is 2.78. The zero-order valence-electron chi connectivity index (χ0n) is 18.7. The fraction of sp³-hybridized carbons (Fsp3) is 0.556. The van der Waals surface area contributed by atoms with Gasteiger partial charge in [-0.3, -0.25) is 14.5 Å². The Morgan fingerprint density at radius 1 is 0.969 bits per heavy atom. The third-order valence-electron chi connectivity index (χ3n) is 8.74. The molecule has 1 aromatic heterocycles. The third-order valence-corrected chi connectivity index (χ3v) is 8.74. The minimum atomic E-state index is -0.275. The first-order valence-electron chi connectivity index (χ1n) is 12.4. The van der Waals surface area contributed by atoms with Gasteiger partial charge >= 0.3 is 0 Å². The normalized spacial score (nSPS) is 30.8. The van der Waals surface area contributed by atoms with E-state index in [4.69, 9.17) is 0 Å². The molecule has 1 amide bonds. The van der Waals surface area contributed by atoms with Gasteiger partial charge in [0.05, 0.1) is 0 Å². The number of carbonyl (C=O) groups is 1. The highest BCUT2D eigenvalue weighted by Gasteiger charge is 2.47. The summed E-state index contributed by atoms with van der Waals surface area (Å²) < 4.78 is 0. The molecule has 1 aliphatic heterocycles. The van der Waals surface area contributed by atoms with Crippen molar-refractivity contribution in [2.45, 2.75) is 51.6 Å². The average molecular weight is 432 g/mol. The van der Waals surface area contributed by atoms with Crippen LogP contribution in [0.25, 0.3) is 0 Å². The van der Waals surface area contributed by atoms with Gasteiger partial charge in [-0.05, 0) is 91.4 Å². The van der Waals surface area contributed by atoms with Crippen LogP contribution >= 0.6 is 0 Å². The van der Waals surface area contributed by atoms with Crippen LogP contribution in [-0.4, -0.2) is 28.9 Å². The van der Waals surface area contributed by atoms with E-state index in [-0.39, 0.29) is 17.0 Å². The molecule has 5 nitrogen and oxygen atoms in total. The van der Waals surface area contributed by atoms with Crippen LogP contribution in [0.15, 0.2) is 41.2 Å². The Hall–Kier alpha value is -2.40. The number of amides is 1. The molecular weight excluding hydrogens is 398 g/mol. The molecule has 4 bridgehead atoms. The summed E-state index contributed by atoms with van der Waals surface area (Å²) in [6, 6.07) is 12.2. The zero-order chi connectivity index (χ0) is 21.7. The minimum Gasteiger partial charge on any atom is -0.352 e. The molecule has 2 N–H and O–H groups in total. The second-order valence-electron chi connectivity index (χ2n) is 10.8. The molecule has 4 fully saturated rings. The molecule has 32 heavy (non-hydrogen) atoms. The van der Waals surface area contributed by atoms with Crippen LogP contribution in [0.3, 0.4) is 0 Å². The maximum absolute atomic E-state index is 12.8. The van der Waals surface area contributed by atoms with E-state index in [1.165, 1.54) is 43.2 Å². The summed E-state index contributed by atoms with van der Waals surface area (Å²) in [4.78, 5) is 30.8. The molecule has 5 heteroatoms. The van der Waals surface area contributed by atoms with E-state index in [1.807, 2.05) is 6.07 Å². The minimum absolute atomic E-state index is 0.224. The van der Waals surface area contributed by atoms with Gasteiger partial charge in [-0.15, -0.1) is 0 Å². The summed E-state index contributed by atoms with van der Waals surface area (Å²) in [5.41, 5.74) is 3.61. The van der Waals surface area contributed by atoms with Crippen LogP contribution in [-0.2, 0) is 19.5 Å². The maximum Gasteiger partial charge on any atom is 0.261 e. The summed E-state index contributed by atoms with van der Waals surface area (Å²) in [5, 5.41) is 3.11. The van der Waals surface area contributed by atoms with Crippen molar-refractivity contribution in [1.29, 1.82) is 0 Å². The second-order valence-corrected chi connectivity index (χ2v) is 10.8. The van der Waals surface area contributed by atoms with Gasteiger partial charge in [-0.25, -0.2) is 0 Å². The predicted octanol–water partition coefficient (Wildman–Crippen LogP) is 3.74. The Bertz CT molecular complexity index is 1050. The highest BCUT2D eigenvalue weighted by Crippen LogP contribution is 2.56. The van der Waals surface area contributed by atoms with Gasteiger partial charge in [-0.1, -0.05) is 24.3 Å².